The van der Waals surface area contributed by atoms with E-state index in [-0.39, 0.29) is 23.4 Å². The van der Waals surface area contributed by atoms with E-state index >= 15 is 0 Å². The number of aromatic amines is 1. The van der Waals surface area contributed by atoms with Crippen molar-refractivity contribution in [2.45, 2.75) is 69.4 Å². The van der Waals surface area contributed by atoms with E-state index < -0.39 is 16.0 Å². The van der Waals surface area contributed by atoms with Crippen molar-refractivity contribution in [1.29, 1.82) is 0 Å². The van der Waals surface area contributed by atoms with Crippen LogP contribution in [0.15, 0.2) is 11.2 Å². The fraction of sp³-hybridized carbons (Fsp3) is 0.733. The molecular formula is C15H25N3O4S. The van der Waals surface area contributed by atoms with E-state index in [0.717, 1.165) is 19.3 Å². The highest BCUT2D eigenvalue weighted by atomic mass is 32.2. The number of H-pyrrole nitrogens is 1. The Bertz CT molecular complexity index is 639. The van der Waals surface area contributed by atoms with E-state index in [2.05, 4.69) is 9.97 Å². The largest absolute Gasteiger partial charge is 0.481 e. The molecule has 1 unspecified atom stereocenters. The van der Waals surface area contributed by atoms with Crippen LogP contribution in [-0.2, 0) is 14.8 Å². The van der Waals surface area contributed by atoms with Crippen LogP contribution < -0.4 is 0 Å². The SMILES string of the molecule is CC(C)c1ncc(S(=O)(=O)N2CCCCC2CCCC(=O)O)[nH]1. The molecule has 1 fully saturated rings. The van der Waals surface area contributed by atoms with Crippen LogP contribution in [0, 0.1) is 0 Å². The third-order valence-corrected chi connectivity index (χ3v) is 6.07. The molecule has 1 saturated heterocycles. The number of imidazole rings is 1. The standard InChI is InChI=1S/C15H25N3O4S/c1-11(2)15-16-10-13(17-15)23(21,22)18-9-4-3-6-12(18)7-5-8-14(19)20/h10-12H,3-9H2,1-2H3,(H,16,17)(H,19,20). The number of sulfonamides is 1. The number of rotatable bonds is 7. The molecule has 2 heterocycles. The lowest BCUT2D eigenvalue weighted by Gasteiger charge is -2.34. The van der Waals surface area contributed by atoms with Crippen LogP contribution in [-0.4, -0.2) is 46.4 Å². The number of carbonyl (C=O) groups is 1. The lowest BCUT2D eigenvalue weighted by atomic mass is 10.00. The maximum Gasteiger partial charge on any atom is 0.303 e. The van der Waals surface area contributed by atoms with Crippen molar-refractivity contribution >= 4 is 16.0 Å². The number of hydrogen-bond donors (Lipinski definition) is 2. The lowest BCUT2D eigenvalue weighted by Crippen LogP contribution is -2.43. The minimum Gasteiger partial charge on any atom is -0.481 e. The van der Waals surface area contributed by atoms with Gasteiger partial charge in [-0.3, -0.25) is 4.79 Å². The molecule has 1 aromatic heterocycles. The van der Waals surface area contributed by atoms with Gasteiger partial charge in [0.2, 0.25) is 0 Å². The molecule has 8 heteroatoms. The van der Waals surface area contributed by atoms with Gasteiger partial charge in [-0.25, -0.2) is 13.4 Å². The second-order valence-corrected chi connectivity index (χ2v) is 8.20. The number of piperidine rings is 1. The van der Waals surface area contributed by atoms with E-state index in [1.165, 1.54) is 10.5 Å². The molecule has 2 rings (SSSR count). The highest BCUT2D eigenvalue weighted by Crippen LogP contribution is 2.28. The molecule has 23 heavy (non-hydrogen) atoms. The van der Waals surface area contributed by atoms with Crippen molar-refractivity contribution in [2.75, 3.05) is 6.54 Å². The lowest BCUT2D eigenvalue weighted by molar-refractivity contribution is -0.137. The van der Waals surface area contributed by atoms with Crippen molar-refractivity contribution in [3.63, 3.8) is 0 Å². The highest BCUT2D eigenvalue weighted by molar-refractivity contribution is 7.89. The summed E-state index contributed by atoms with van der Waals surface area (Å²) in [6.07, 6.45) is 5.12. The van der Waals surface area contributed by atoms with Crippen LogP contribution in [0.2, 0.25) is 0 Å². The summed E-state index contributed by atoms with van der Waals surface area (Å²) in [6, 6.07) is -0.126. The Kier molecular flexibility index (Phi) is 5.80. The predicted molar refractivity (Wildman–Crippen MR) is 85.7 cm³/mol. The Morgan fingerprint density at radius 3 is 2.83 bits per heavy atom. The van der Waals surface area contributed by atoms with Crippen molar-refractivity contribution in [3.8, 4) is 0 Å². The smallest absolute Gasteiger partial charge is 0.303 e. The van der Waals surface area contributed by atoms with Crippen molar-refractivity contribution in [1.82, 2.24) is 14.3 Å². The van der Waals surface area contributed by atoms with E-state index in [1.54, 1.807) is 0 Å². The Balaban J connectivity index is 2.15. The number of hydrogen-bond acceptors (Lipinski definition) is 4. The van der Waals surface area contributed by atoms with Crippen molar-refractivity contribution in [3.05, 3.63) is 12.0 Å². The second kappa shape index (κ2) is 7.44. The molecule has 0 amide bonds. The normalized spacial score (nSPS) is 20.0. The van der Waals surface area contributed by atoms with Gasteiger partial charge in [0.05, 0.1) is 6.20 Å². The zero-order valence-corrected chi connectivity index (χ0v) is 14.5. The maximum atomic E-state index is 12.9. The van der Waals surface area contributed by atoms with Crippen LogP contribution >= 0.6 is 0 Å². The van der Waals surface area contributed by atoms with Gasteiger partial charge in [0.1, 0.15) is 5.82 Å². The van der Waals surface area contributed by atoms with Gasteiger partial charge in [0.25, 0.3) is 10.0 Å². The number of aliphatic carboxylic acids is 1. The van der Waals surface area contributed by atoms with Gasteiger partial charge in [0, 0.05) is 24.9 Å². The summed E-state index contributed by atoms with van der Waals surface area (Å²) >= 11 is 0. The molecule has 0 radical (unpaired) electrons. The quantitative estimate of drug-likeness (QED) is 0.791. The molecule has 7 nitrogen and oxygen atoms in total. The second-order valence-electron chi connectivity index (χ2n) is 6.34. The number of carboxylic acids is 1. The van der Waals surface area contributed by atoms with Crippen molar-refractivity contribution < 1.29 is 18.3 Å². The van der Waals surface area contributed by atoms with Gasteiger partial charge < -0.3 is 10.1 Å². The highest BCUT2D eigenvalue weighted by Gasteiger charge is 2.34. The maximum absolute atomic E-state index is 12.9. The van der Waals surface area contributed by atoms with Crippen molar-refractivity contribution in [2.24, 2.45) is 0 Å². The molecule has 0 saturated carbocycles. The Labute approximate surface area is 137 Å². The van der Waals surface area contributed by atoms with E-state index in [1.807, 2.05) is 13.8 Å². The average Bonchev–Trinajstić information content (AvgIpc) is 2.98. The topological polar surface area (TPSA) is 103 Å². The Hall–Kier alpha value is -1.41. The first-order chi connectivity index (χ1) is 10.8. The summed E-state index contributed by atoms with van der Waals surface area (Å²) in [7, 11) is -3.61. The predicted octanol–water partition coefficient (Wildman–Crippen LogP) is 2.33. The van der Waals surface area contributed by atoms with Crippen LogP contribution in [0.1, 0.15) is 64.1 Å². The van der Waals surface area contributed by atoms with Crippen LogP contribution in [0.4, 0.5) is 0 Å². The zero-order valence-electron chi connectivity index (χ0n) is 13.7. The third kappa shape index (κ3) is 4.32. The van der Waals surface area contributed by atoms with E-state index in [0.29, 0.717) is 25.2 Å². The molecule has 0 bridgehead atoms. The Morgan fingerprint density at radius 1 is 1.48 bits per heavy atom. The number of carboxylic acid groups (broad SMARTS) is 1. The summed E-state index contributed by atoms with van der Waals surface area (Å²) in [6.45, 7) is 4.38. The average molecular weight is 343 g/mol. The molecule has 1 aromatic rings. The van der Waals surface area contributed by atoms with Crippen LogP contribution in [0.25, 0.3) is 0 Å². The fourth-order valence-electron chi connectivity index (χ4n) is 2.94. The van der Waals surface area contributed by atoms with Gasteiger partial charge >= 0.3 is 5.97 Å². The minimum atomic E-state index is -3.61. The Morgan fingerprint density at radius 2 is 2.22 bits per heavy atom. The van der Waals surface area contributed by atoms with Gasteiger partial charge in [-0.05, 0) is 25.7 Å². The molecule has 2 N–H and O–H groups in total. The number of nitrogens with one attached hydrogen (secondary N) is 1. The summed E-state index contributed by atoms with van der Waals surface area (Å²) in [5.41, 5.74) is 0. The summed E-state index contributed by atoms with van der Waals surface area (Å²) in [5.74, 6) is -0.0555. The summed E-state index contributed by atoms with van der Waals surface area (Å²) in [5, 5.41) is 8.89. The summed E-state index contributed by atoms with van der Waals surface area (Å²) in [4.78, 5) is 17.7. The molecule has 0 spiro atoms. The first-order valence-electron chi connectivity index (χ1n) is 8.11. The van der Waals surface area contributed by atoms with Gasteiger partial charge in [0.15, 0.2) is 5.03 Å². The van der Waals surface area contributed by atoms with E-state index in [9.17, 15) is 13.2 Å². The molecule has 1 atom stereocenters. The zero-order chi connectivity index (χ0) is 17.0. The first kappa shape index (κ1) is 17.9. The number of nitrogens with zero attached hydrogens (tertiary/aromatic N) is 2. The molecule has 0 aromatic carbocycles. The van der Waals surface area contributed by atoms with E-state index in [4.69, 9.17) is 5.11 Å². The minimum absolute atomic E-state index is 0.0753. The third-order valence-electron chi connectivity index (χ3n) is 4.21. The molecule has 0 aliphatic carbocycles. The molecule has 1 aliphatic rings. The fourth-order valence-corrected chi connectivity index (χ4v) is 4.58. The summed E-state index contributed by atoms with van der Waals surface area (Å²) < 4.78 is 27.3. The van der Waals surface area contributed by atoms with Gasteiger partial charge in [-0.2, -0.15) is 4.31 Å². The molecule has 130 valence electrons. The monoisotopic (exact) mass is 343 g/mol. The molecule has 1 aliphatic heterocycles. The first-order valence-corrected chi connectivity index (χ1v) is 9.55. The number of aromatic nitrogens is 2. The van der Waals surface area contributed by atoms with Gasteiger partial charge in [-0.1, -0.05) is 20.3 Å². The molecular weight excluding hydrogens is 318 g/mol. The van der Waals surface area contributed by atoms with Crippen LogP contribution in [0.3, 0.4) is 0 Å². The van der Waals surface area contributed by atoms with Gasteiger partial charge in [-0.15, -0.1) is 0 Å². The van der Waals surface area contributed by atoms with Crippen LogP contribution in [0.5, 0.6) is 0 Å².